The molecule has 0 N–H and O–H groups in total. The van der Waals surface area contributed by atoms with Crippen LogP contribution in [0.4, 0.5) is 11.4 Å². The van der Waals surface area contributed by atoms with Crippen LogP contribution in [0.2, 0.25) is 0 Å². The number of hydrogen-bond donors (Lipinski definition) is 0. The molecule has 0 saturated heterocycles. The molecule has 394 valence electrons. The highest BCUT2D eigenvalue weighted by atomic mass is 127. The normalized spacial score (nSPS) is 15.6. The van der Waals surface area contributed by atoms with Crippen LogP contribution in [-0.4, -0.2) is 23.4 Å². The Morgan fingerprint density at radius 1 is 0.400 bits per heavy atom. The minimum Gasteiger partial charge on any atom is -1.00 e. The molecule has 0 aliphatic carbocycles. The fourth-order valence-electron chi connectivity index (χ4n) is 11.6. The summed E-state index contributed by atoms with van der Waals surface area (Å²) in [6.45, 7) is 16.5. The smallest absolute Gasteiger partial charge is 0.209 e. The van der Waals surface area contributed by atoms with Gasteiger partial charge in [0.2, 0.25) is 5.69 Å². The maximum Gasteiger partial charge on any atom is 0.209 e. The van der Waals surface area contributed by atoms with Gasteiger partial charge in [-0.25, -0.2) is 0 Å². The van der Waals surface area contributed by atoms with Crippen LogP contribution in [-0.2, 0) is 10.8 Å². The van der Waals surface area contributed by atoms with Crippen LogP contribution in [0.25, 0.3) is 0 Å². The summed E-state index contributed by atoms with van der Waals surface area (Å²) in [6, 6.07) is 18.2. The van der Waals surface area contributed by atoms with E-state index < -0.39 is 0 Å². The molecule has 2 nitrogen and oxygen atoms in total. The zero-order valence-corrected chi connectivity index (χ0v) is 49.0. The number of para-hydroxylation sites is 2. The molecule has 70 heavy (non-hydrogen) atoms. The fraction of sp³-hybridized carbons (Fsp3) is 0.687. The van der Waals surface area contributed by atoms with E-state index in [1.807, 2.05) is 0 Å². The average molecular weight is 1070 g/mol. The number of nitrogens with zero attached hydrogens (tertiary/aromatic N) is 2. The number of unbranched alkanes of at least 4 members (excludes halogenated alkanes) is 34. The SMILES string of the molecule is CCCCCCCCCCCCCCCCCCCCN1/C(=C/C=C/C=C/C=C/C2=[N+](CCCCCCCCCCCCCCCCCCCC)c3ccccc3C2(C)C)C(C)(C)c2ccccc21.[I-]. The van der Waals surface area contributed by atoms with E-state index in [0.717, 1.165) is 13.1 Å². The van der Waals surface area contributed by atoms with Gasteiger partial charge in [-0.15, -0.1) is 0 Å². The van der Waals surface area contributed by atoms with Crippen LogP contribution in [0.5, 0.6) is 0 Å². The number of fused-ring (bicyclic) bond motifs is 2. The number of hydrogen-bond acceptors (Lipinski definition) is 1. The molecule has 0 radical (unpaired) electrons. The van der Waals surface area contributed by atoms with E-state index in [1.165, 1.54) is 265 Å². The first kappa shape index (κ1) is 61.9. The Morgan fingerprint density at radius 3 is 1.24 bits per heavy atom. The van der Waals surface area contributed by atoms with Gasteiger partial charge in [0, 0.05) is 47.5 Å². The van der Waals surface area contributed by atoms with Crippen molar-refractivity contribution >= 4 is 17.1 Å². The number of anilines is 1. The van der Waals surface area contributed by atoms with E-state index in [-0.39, 0.29) is 34.8 Å². The van der Waals surface area contributed by atoms with Crippen molar-refractivity contribution < 1.29 is 28.6 Å². The molecule has 4 rings (SSSR count). The topological polar surface area (TPSA) is 6.25 Å². The molecule has 0 unspecified atom stereocenters. The first-order valence-electron chi connectivity index (χ1n) is 30.2. The second kappa shape index (κ2) is 38.2. The van der Waals surface area contributed by atoms with Crippen molar-refractivity contribution in [3.05, 3.63) is 108 Å². The second-order valence-electron chi connectivity index (χ2n) is 22.7. The van der Waals surface area contributed by atoms with Gasteiger partial charge in [-0.05, 0) is 44.4 Å². The highest BCUT2D eigenvalue weighted by Crippen LogP contribution is 2.47. The Labute approximate surface area is 452 Å². The molecule has 0 amide bonds. The van der Waals surface area contributed by atoms with Crippen LogP contribution in [0, 0.1) is 0 Å². The summed E-state index contributed by atoms with van der Waals surface area (Å²) in [4.78, 5) is 2.63. The van der Waals surface area contributed by atoms with Gasteiger partial charge in [-0.1, -0.05) is 306 Å². The molecule has 2 aliphatic rings. The summed E-state index contributed by atoms with van der Waals surface area (Å²) in [7, 11) is 0. The summed E-state index contributed by atoms with van der Waals surface area (Å²) in [6.07, 6.45) is 67.0. The first-order valence-corrected chi connectivity index (χ1v) is 30.2. The number of rotatable bonds is 42. The molecule has 0 saturated carbocycles. The van der Waals surface area contributed by atoms with Crippen LogP contribution < -0.4 is 28.9 Å². The Balaban J connectivity index is 0.0000130. The highest BCUT2D eigenvalue weighted by Gasteiger charge is 2.44. The fourth-order valence-corrected chi connectivity index (χ4v) is 11.6. The third kappa shape index (κ3) is 22.8. The van der Waals surface area contributed by atoms with E-state index >= 15 is 0 Å². The largest absolute Gasteiger partial charge is 1.00 e. The van der Waals surface area contributed by atoms with Crippen molar-refractivity contribution in [2.45, 2.75) is 284 Å². The van der Waals surface area contributed by atoms with Crippen molar-refractivity contribution in [1.82, 2.24) is 0 Å². The monoisotopic (exact) mass is 1070 g/mol. The van der Waals surface area contributed by atoms with Crippen molar-refractivity contribution in [2.24, 2.45) is 0 Å². The van der Waals surface area contributed by atoms with Crippen LogP contribution in [0.3, 0.4) is 0 Å². The molecule has 3 heteroatoms. The molecule has 0 aromatic heterocycles. The van der Waals surface area contributed by atoms with Gasteiger partial charge in [0.25, 0.3) is 0 Å². The Bertz CT molecular complexity index is 1790. The average Bonchev–Trinajstić information content (AvgIpc) is 3.70. The second-order valence-corrected chi connectivity index (χ2v) is 22.7. The standard InChI is InChI=1S/C67H109N2.HI/c1-7-9-11-13-15-17-19-21-23-25-27-29-31-33-35-37-42-50-58-68-62-54-48-46-52-60(62)66(3,4)64(68)56-44-40-39-41-45-57-65-67(5,6)61-53-47-49-55-63(61)69(65)59-51-43-38-36-34-32-30-28-26-24-22-20-18-16-14-12-10-8-2;/h39-41,44-49,52-57H,7-38,42-43,50-51,58-59H2,1-6H3;1H/q+1;/p-1. The van der Waals surface area contributed by atoms with Crippen molar-refractivity contribution in [3.63, 3.8) is 0 Å². The molecule has 0 fully saturated rings. The van der Waals surface area contributed by atoms with Crippen LogP contribution in [0.15, 0.2) is 96.8 Å². The zero-order chi connectivity index (χ0) is 49.1. The lowest BCUT2D eigenvalue weighted by Gasteiger charge is -2.27. The lowest BCUT2D eigenvalue weighted by Crippen LogP contribution is -3.00. The first-order chi connectivity index (χ1) is 33.8. The maximum absolute atomic E-state index is 2.63. The molecule has 2 aliphatic heterocycles. The van der Waals surface area contributed by atoms with Gasteiger partial charge in [0.15, 0.2) is 5.71 Å². The van der Waals surface area contributed by atoms with Gasteiger partial charge < -0.3 is 28.9 Å². The third-order valence-electron chi connectivity index (χ3n) is 16.0. The molecular weight excluding hydrogens is 960 g/mol. The lowest BCUT2D eigenvalue weighted by atomic mass is 9.81. The summed E-state index contributed by atoms with van der Waals surface area (Å²) in [5.41, 5.74) is 8.55. The van der Waals surface area contributed by atoms with E-state index in [2.05, 4.69) is 142 Å². The molecule has 0 atom stereocenters. The van der Waals surface area contributed by atoms with Gasteiger partial charge in [-0.2, -0.15) is 4.58 Å². The number of benzene rings is 2. The van der Waals surface area contributed by atoms with Gasteiger partial charge in [-0.3, -0.25) is 0 Å². The molecule has 2 aromatic carbocycles. The van der Waals surface area contributed by atoms with Gasteiger partial charge >= 0.3 is 0 Å². The maximum atomic E-state index is 2.63. The van der Waals surface area contributed by atoms with E-state index in [0.29, 0.717) is 0 Å². The molecule has 0 bridgehead atoms. The third-order valence-corrected chi connectivity index (χ3v) is 16.0. The predicted molar refractivity (Wildman–Crippen MR) is 309 cm³/mol. The van der Waals surface area contributed by atoms with Crippen LogP contribution in [0.1, 0.15) is 284 Å². The van der Waals surface area contributed by atoms with Gasteiger partial charge in [0.1, 0.15) is 6.54 Å². The molecule has 0 spiro atoms. The Morgan fingerprint density at radius 2 is 0.771 bits per heavy atom. The number of allylic oxidation sites excluding steroid dienone is 8. The molecule has 2 aromatic rings. The molecular formula is C67H109IN2. The summed E-state index contributed by atoms with van der Waals surface area (Å²) in [5.74, 6) is 0. The van der Waals surface area contributed by atoms with E-state index in [4.69, 9.17) is 0 Å². The molecule has 2 heterocycles. The Kier molecular flexibility index (Phi) is 33.8. The highest BCUT2D eigenvalue weighted by molar-refractivity contribution is 6.03. The lowest BCUT2D eigenvalue weighted by molar-refractivity contribution is -0.438. The van der Waals surface area contributed by atoms with Crippen molar-refractivity contribution in [1.29, 1.82) is 0 Å². The summed E-state index contributed by atoms with van der Waals surface area (Å²) in [5, 5.41) is 0. The minimum absolute atomic E-state index is 0. The quantitative estimate of drug-likeness (QED) is 0.0278. The summed E-state index contributed by atoms with van der Waals surface area (Å²) < 4.78 is 2.63. The van der Waals surface area contributed by atoms with Gasteiger partial charge in [0.05, 0.1) is 5.41 Å². The van der Waals surface area contributed by atoms with E-state index in [9.17, 15) is 0 Å². The van der Waals surface area contributed by atoms with Crippen molar-refractivity contribution in [3.8, 4) is 0 Å². The zero-order valence-electron chi connectivity index (χ0n) is 46.8. The van der Waals surface area contributed by atoms with E-state index in [1.54, 1.807) is 0 Å². The summed E-state index contributed by atoms with van der Waals surface area (Å²) >= 11 is 0. The predicted octanol–water partition coefficient (Wildman–Crippen LogP) is 18.5. The Hall–Kier alpha value is -2.40. The van der Waals surface area contributed by atoms with Crippen LogP contribution >= 0.6 is 0 Å². The number of halogens is 1. The minimum atomic E-state index is -0.00604. The van der Waals surface area contributed by atoms with Crippen molar-refractivity contribution in [2.75, 3.05) is 18.0 Å².